The van der Waals surface area contributed by atoms with Gasteiger partial charge in [0.1, 0.15) is 11.6 Å². The molecule has 1 aliphatic heterocycles. The third kappa shape index (κ3) is 3.55. The number of Topliss-reactive ketones (excluding diaryl/α,β-unsaturated/α-hetero) is 1. The largest absolute Gasteiger partial charge is 0.367 e. The Labute approximate surface area is 155 Å². The summed E-state index contributed by atoms with van der Waals surface area (Å²) >= 11 is 5.96. The van der Waals surface area contributed by atoms with Crippen molar-refractivity contribution in [2.24, 2.45) is 0 Å². The number of anilines is 1. The molecule has 0 atom stereocenters. The fourth-order valence-electron chi connectivity index (χ4n) is 3.11. The van der Waals surface area contributed by atoms with Crippen molar-refractivity contribution in [2.75, 3.05) is 31.1 Å². The van der Waals surface area contributed by atoms with Gasteiger partial charge in [-0.15, -0.1) is 0 Å². The van der Waals surface area contributed by atoms with Crippen molar-refractivity contribution in [3.8, 4) is 0 Å². The third-order valence-electron chi connectivity index (χ3n) is 4.41. The van der Waals surface area contributed by atoms with E-state index >= 15 is 0 Å². The number of ketones is 1. The molecule has 136 valence electrons. The summed E-state index contributed by atoms with van der Waals surface area (Å²) in [7, 11) is 0. The Bertz CT molecular complexity index is 865. The van der Waals surface area contributed by atoms with Gasteiger partial charge in [-0.3, -0.25) is 9.59 Å². The van der Waals surface area contributed by atoms with E-state index in [1.165, 1.54) is 25.1 Å². The van der Waals surface area contributed by atoms with Crippen LogP contribution in [0, 0.1) is 11.6 Å². The summed E-state index contributed by atoms with van der Waals surface area (Å²) < 4.78 is 27.2. The van der Waals surface area contributed by atoms with E-state index in [0.29, 0.717) is 31.9 Å². The van der Waals surface area contributed by atoms with Gasteiger partial charge < -0.3 is 9.80 Å². The molecule has 1 heterocycles. The van der Waals surface area contributed by atoms with Gasteiger partial charge in [0, 0.05) is 26.2 Å². The van der Waals surface area contributed by atoms with Gasteiger partial charge >= 0.3 is 0 Å². The molecule has 1 amide bonds. The molecule has 1 aliphatic rings. The Morgan fingerprint density at radius 2 is 1.73 bits per heavy atom. The first kappa shape index (κ1) is 18.3. The standard InChI is InChI=1S/C19H17ClF2N2O2/c1-12(25)18-16(22)3-2-4-17(18)23-7-9-24(10-8-23)19(26)14-6-5-13(21)11-15(14)20/h2-6,11H,7-10H2,1H3. The number of rotatable bonds is 3. The van der Waals surface area contributed by atoms with Crippen molar-refractivity contribution in [1.29, 1.82) is 0 Å². The van der Waals surface area contributed by atoms with E-state index in [0.717, 1.165) is 6.07 Å². The summed E-state index contributed by atoms with van der Waals surface area (Å²) in [6.45, 7) is 3.02. The van der Waals surface area contributed by atoms with Crippen molar-refractivity contribution >= 4 is 29.0 Å². The molecule has 0 radical (unpaired) electrons. The monoisotopic (exact) mass is 378 g/mol. The fourth-order valence-corrected chi connectivity index (χ4v) is 3.36. The molecule has 1 fully saturated rings. The summed E-state index contributed by atoms with van der Waals surface area (Å²) in [5, 5.41) is 0.0708. The van der Waals surface area contributed by atoms with E-state index in [1.54, 1.807) is 17.0 Å². The number of piperazine rings is 1. The van der Waals surface area contributed by atoms with Crippen LogP contribution in [0.25, 0.3) is 0 Å². The minimum Gasteiger partial charge on any atom is -0.367 e. The molecule has 7 heteroatoms. The van der Waals surface area contributed by atoms with E-state index < -0.39 is 11.6 Å². The van der Waals surface area contributed by atoms with Gasteiger partial charge in [0.15, 0.2) is 5.78 Å². The lowest BCUT2D eigenvalue weighted by Crippen LogP contribution is -2.49. The molecular weight excluding hydrogens is 362 g/mol. The maximum absolute atomic E-state index is 14.0. The van der Waals surface area contributed by atoms with Crippen LogP contribution in [0.5, 0.6) is 0 Å². The first-order valence-electron chi connectivity index (χ1n) is 8.17. The predicted molar refractivity (Wildman–Crippen MR) is 95.9 cm³/mol. The maximum Gasteiger partial charge on any atom is 0.255 e. The molecule has 4 nitrogen and oxygen atoms in total. The maximum atomic E-state index is 14.0. The number of amides is 1. The lowest BCUT2D eigenvalue weighted by Gasteiger charge is -2.37. The zero-order valence-electron chi connectivity index (χ0n) is 14.1. The Hall–Kier alpha value is -2.47. The molecule has 26 heavy (non-hydrogen) atoms. The molecule has 1 saturated heterocycles. The van der Waals surface area contributed by atoms with Gasteiger partial charge in [0.05, 0.1) is 21.8 Å². The fraction of sp³-hybridized carbons (Fsp3) is 0.263. The Balaban J connectivity index is 1.75. The van der Waals surface area contributed by atoms with Crippen LogP contribution in [-0.4, -0.2) is 42.8 Å². The smallest absolute Gasteiger partial charge is 0.255 e. The highest BCUT2D eigenvalue weighted by Gasteiger charge is 2.26. The van der Waals surface area contributed by atoms with Gasteiger partial charge in [0.2, 0.25) is 0 Å². The van der Waals surface area contributed by atoms with Crippen LogP contribution < -0.4 is 4.90 Å². The van der Waals surface area contributed by atoms with Gasteiger partial charge in [-0.05, 0) is 37.3 Å². The molecule has 0 aliphatic carbocycles. The van der Waals surface area contributed by atoms with Gasteiger partial charge in [-0.1, -0.05) is 17.7 Å². The summed E-state index contributed by atoms with van der Waals surface area (Å²) in [6, 6.07) is 8.20. The lowest BCUT2D eigenvalue weighted by molar-refractivity contribution is 0.0746. The normalized spacial score (nSPS) is 14.5. The van der Waals surface area contributed by atoms with Crippen LogP contribution >= 0.6 is 11.6 Å². The van der Waals surface area contributed by atoms with Crippen LogP contribution in [0.2, 0.25) is 5.02 Å². The van der Waals surface area contributed by atoms with Gasteiger partial charge in [-0.2, -0.15) is 0 Å². The highest BCUT2D eigenvalue weighted by molar-refractivity contribution is 6.33. The highest BCUT2D eigenvalue weighted by Crippen LogP contribution is 2.26. The molecule has 0 aromatic heterocycles. The molecule has 0 spiro atoms. The average Bonchev–Trinajstić information content (AvgIpc) is 2.61. The van der Waals surface area contributed by atoms with Crippen LogP contribution in [-0.2, 0) is 0 Å². The molecular formula is C19H17ClF2N2O2. The first-order valence-corrected chi connectivity index (χ1v) is 8.55. The minimum atomic E-state index is -0.549. The van der Waals surface area contributed by atoms with E-state index in [2.05, 4.69) is 0 Å². The quantitative estimate of drug-likeness (QED) is 0.763. The molecule has 2 aromatic rings. The number of halogens is 3. The summed E-state index contributed by atoms with van der Waals surface area (Å²) in [6.07, 6.45) is 0. The topological polar surface area (TPSA) is 40.6 Å². The van der Waals surface area contributed by atoms with Crippen LogP contribution in [0.4, 0.5) is 14.5 Å². The van der Waals surface area contributed by atoms with Gasteiger partial charge in [0.25, 0.3) is 5.91 Å². The zero-order chi connectivity index (χ0) is 18.8. The second-order valence-electron chi connectivity index (χ2n) is 6.09. The van der Waals surface area contributed by atoms with Crippen LogP contribution in [0.3, 0.4) is 0 Å². The number of hydrogen-bond donors (Lipinski definition) is 0. The van der Waals surface area contributed by atoms with Crippen LogP contribution in [0.15, 0.2) is 36.4 Å². The Morgan fingerprint density at radius 1 is 1.04 bits per heavy atom. The second-order valence-corrected chi connectivity index (χ2v) is 6.50. The number of carbonyl (C=O) groups excluding carboxylic acids is 2. The van der Waals surface area contributed by atoms with Crippen molar-refractivity contribution in [3.63, 3.8) is 0 Å². The summed E-state index contributed by atoms with van der Waals surface area (Å²) in [4.78, 5) is 27.9. The van der Waals surface area contributed by atoms with E-state index in [9.17, 15) is 18.4 Å². The Morgan fingerprint density at radius 3 is 2.35 bits per heavy atom. The SMILES string of the molecule is CC(=O)c1c(F)cccc1N1CCN(C(=O)c2ccc(F)cc2Cl)CC1. The Kier molecular flexibility index (Phi) is 5.23. The number of carbonyl (C=O) groups is 2. The van der Waals surface area contributed by atoms with Crippen molar-refractivity contribution in [3.05, 3.63) is 64.2 Å². The number of hydrogen-bond acceptors (Lipinski definition) is 3. The molecule has 3 rings (SSSR count). The van der Waals surface area contributed by atoms with Crippen LogP contribution in [0.1, 0.15) is 27.6 Å². The molecule has 0 N–H and O–H groups in total. The molecule has 2 aromatic carbocycles. The zero-order valence-corrected chi connectivity index (χ0v) is 14.9. The predicted octanol–water partition coefficient (Wildman–Crippen LogP) is 3.78. The van der Waals surface area contributed by atoms with Crippen molar-refractivity contribution in [1.82, 2.24) is 4.90 Å². The van der Waals surface area contributed by atoms with E-state index in [-0.39, 0.29) is 27.8 Å². The highest BCUT2D eigenvalue weighted by atomic mass is 35.5. The first-order chi connectivity index (χ1) is 12.4. The van der Waals surface area contributed by atoms with E-state index in [1.807, 2.05) is 4.90 Å². The molecule has 0 unspecified atom stereocenters. The lowest BCUT2D eigenvalue weighted by atomic mass is 10.1. The van der Waals surface area contributed by atoms with Crippen molar-refractivity contribution < 1.29 is 18.4 Å². The number of nitrogens with zero attached hydrogens (tertiary/aromatic N) is 2. The second kappa shape index (κ2) is 7.41. The summed E-state index contributed by atoms with van der Waals surface area (Å²) in [5.41, 5.74) is 0.843. The number of benzene rings is 2. The van der Waals surface area contributed by atoms with Crippen molar-refractivity contribution in [2.45, 2.75) is 6.92 Å². The molecule has 0 bridgehead atoms. The third-order valence-corrected chi connectivity index (χ3v) is 4.73. The minimum absolute atomic E-state index is 0.0638. The average molecular weight is 379 g/mol. The summed E-state index contributed by atoms with van der Waals surface area (Å²) in [5.74, 6) is -1.67. The van der Waals surface area contributed by atoms with E-state index in [4.69, 9.17) is 11.6 Å². The van der Waals surface area contributed by atoms with Gasteiger partial charge in [-0.25, -0.2) is 8.78 Å². The molecule has 0 saturated carbocycles.